The van der Waals surface area contributed by atoms with Gasteiger partial charge in [-0.05, 0) is 109 Å². The van der Waals surface area contributed by atoms with Gasteiger partial charge in [0.05, 0.1) is 35.3 Å². The van der Waals surface area contributed by atoms with Crippen molar-refractivity contribution in [1.29, 1.82) is 0 Å². The van der Waals surface area contributed by atoms with Crippen molar-refractivity contribution in [1.82, 2.24) is 14.7 Å². The van der Waals surface area contributed by atoms with E-state index in [-0.39, 0.29) is 56.8 Å². The second kappa shape index (κ2) is 22.9. The third-order valence-electron chi connectivity index (χ3n) is 19.7. The summed E-state index contributed by atoms with van der Waals surface area (Å²) in [4.78, 5) is 23.5. The molecule has 2 aromatic carbocycles. The average molecular weight is 1200 g/mol. The van der Waals surface area contributed by atoms with Crippen LogP contribution in [0.25, 0.3) is 0 Å². The fourth-order valence-electron chi connectivity index (χ4n) is 15.9. The van der Waals surface area contributed by atoms with Gasteiger partial charge in [0, 0.05) is 110 Å². The number of carbonyl (C=O) groups is 1. The zero-order chi connectivity index (χ0) is 56.1. The van der Waals surface area contributed by atoms with E-state index in [1.807, 2.05) is 36.1 Å². The number of fused-ring (bicyclic) bond motifs is 7. The Kier molecular flexibility index (Phi) is 18.6. The van der Waals surface area contributed by atoms with Crippen molar-refractivity contribution in [2.75, 3.05) is 70.4 Å². The number of ether oxygens (including phenoxy) is 2. The van der Waals surface area contributed by atoms with Gasteiger partial charge in [0.2, 0.25) is 5.79 Å². The number of para-hydroxylation sites is 1. The van der Waals surface area contributed by atoms with E-state index in [2.05, 4.69) is 21.6 Å². The molecule has 14 atom stereocenters. The highest BCUT2D eigenvalue weighted by atomic mass is 35.5. The van der Waals surface area contributed by atoms with Crippen LogP contribution in [0.4, 0.5) is 24.5 Å². The fraction of sp³-hybridized carbons (Fsp3) is 0.722. The van der Waals surface area contributed by atoms with Crippen LogP contribution in [-0.4, -0.2) is 191 Å². The lowest BCUT2D eigenvalue weighted by atomic mass is 9.49. The van der Waals surface area contributed by atoms with E-state index in [0.29, 0.717) is 68.9 Å². The fourth-order valence-corrected chi connectivity index (χ4v) is 16.9. The molecule has 9 aliphatic rings. The highest BCUT2D eigenvalue weighted by Gasteiger charge is 2.89. The van der Waals surface area contributed by atoms with Gasteiger partial charge in [0.15, 0.2) is 6.10 Å². The highest BCUT2D eigenvalue weighted by Crippen LogP contribution is 2.78. The summed E-state index contributed by atoms with van der Waals surface area (Å²) < 4.78 is 84.1. The molecule has 4 bridgehead atoms. The summed E-state index contributed by atoms with van der Waals surface area (Å²) in [7, 11) is -4.67. The van der Waals surface area contributed by atoms with Gasteiger partial charge in [0.25, 0.3) is 0 Å². The van der Waals surface area contributed by atoms with E-state index in [4.69, 9.17) is 32.1 Å². The summed E-state index contributed by atoms with van der Waals surface area (Å²) in [5, 5.41) is 83.0. The number of alkyl halides is 3. The number of aliphatic hydroxyl groups excluding tert-OH is 2. The molecule has 4 saturated heterocycles. The summed E-state index contributed by atoms with van der Waals surface area (Å²) in [6.07, 6.45) is -1.18. The van der Waals surface area contributed by atoms with Crippen LogP contribution < -0.4 is 4.90 Å². The maximum Gasteiger partial charge on any atom is 0.416 e. The van der Waals surface area contributed by atoms with Gasteiger partial charge in [-0.1, -0.05) is 43.8 Å². The summed E-state index contributed by atoms with van der Waals surface area (Å²) in [5.41, 5.74) is -7.95. The lowest BCUT2D eigenvalue weighted by Crippen LogP contribution is -2.85. The zero-order valence-electron chi connectivity index (χ0n) is 45.2. The molecular weight excluding hydrogens is 1120 g/mol. The molecule has 4 aliphatic carbocycles. The van der Waals surface area contributed by atoms with Crippen molar-refractivity contribution in [2.45, 2.75) is 160 Å². The van der Waals surface area contributed by atoms with E-state index in [1.165, 1.54) is 23.9 Å². The van der Waals surface area contributed by atoms with Gasteiger partial charge in [-0.25, -0.2) is 4.79 Å². The second-order valence-corrected chi connectivity index (χ2v) is 25.8. The van der Waals surface area contributed by atoms with Crippen molar-refractivity contribution >= 4 is 64.3 Å². The Morgan fingerprint density at radius 3 is 2.10 bits per heavy atom. The molecule has 4 saturated carbocycles. The van der Waals surface area contributed by atoms with Crippen molar-refractivity contribution in [3.8, 4) is 0 Å². The Hall–Kier alpha value is -2.40. The molecular formula is C54H79Cl2F3N4O14S2. The molecule has 18 nitrogen and oxygen atoms in total. The van der Waals surface area contributed by atoms with Gasteiger partial charge in [0.1, 0.15) is 22.4 Å². The Balaban J connectivity index is 0.000000215. The largest absolute Gasteiger partial charge is 0.453 e. The number of rotatable bonds is 8. The summed E-state index contributed by atoms with van der Waals surface area (Å²) in [6.45, 7) is 16.4. The Bertz CT molecular complexity index is 2690. The van der Waals surface area contributed by atoms with E-state index in [9.17, 15) is 48.6 Å². The second-order valence-electron chi connectivity index (χ2n) is 23.8. The predicted molar refractivity (Wildman–Crippen MR) is 292 cm³/mol. The third-order valence-corrected chi connectivity index (χ3v) is 20.9. The molecule has 25 heteroatoms. The maximum absolute atomic E-state index is 13.3. The molecule has 5 heterocycles. The van der Waals surface area contributed by atoms with Crippen LogP contribution in [0.1, 0.15) is 98.0 Å². The molecule has 14 unspecified atom stereocenters. The van der Waals surface area contributed by atoms with E-state index < -0.39 is 97.3 Å². The molecule has 0 aromatic heterocycles. The van der Waals surface area contributed by atoms with Gasteiger partial charge < -0.3 is 55.0 Å². The van der Waals surface area contributed by atoms with Gasteiger partial charge in [-0.15, -0.1) is 24.8 Å². The number of benzene rings is 2. The minimum Gasteiger partial charge on any atom is -0.453 e. The number of allylic oxidation sites excluding steroid dienone is 1. The third kappa shape index (κ3) is 10.8. The summed E-state index contributed by atoms with van der Waals surface area (Å²) in [5.74, 6) is -4.05. The molecule has 2 aromatic rings. The summed E-state index contributed by atoms with van der Waals surface area (Å²) in [6, 6.07) is 11.6. The average Bonchev–Trinajstić information content (AvgIpc) is 2.14. The number of aliphatic hydroxyl groups is 7. The molecule has 9 N–H and O–H groups in total. The number of carbonyl (C=O) groups excluding carboxylic acids is 1. The molecule has 8 fully saturated rings. The first kappa shape index (κ1) is 64.2. The normalized spacial score (nSPS) is 39.5. The Morgan fingerprint density at radius 2 is 1.47 bits per heavy atom. The maximum atomic E-state index is 13.3. The molecule has 0 radical (unpaired) electrons. The monoisotopic (exact) mass is 1200 g/mol. The smallest absolute Gasteiger partial charge is 0.416 e. The van der Waals surface area contributed by atoms with Gasteiger partial charge in [-0.2, -0.15) is 21.6 Å². The number of esters is 1. The number of nitrogens with zero attached hydrogens (tertiary/aromatic N) is 4. The SMILES string of the molecule is CC=C(C)C(=O)OC1CCC2(C)C3CCC4C5(O)CC(O)C6(O)C(CN7CC(C)CCC7C6(C)O)C5(O)CC42OC13O.Cl.Cl.O=S(=O)(O)O.OCCN1CCN(CCCN2c3ccccc3Sc3ccc(C(F)(F)F)cc32)CC1. The van der Waals surface area contributed by atoms with Crippen LogP contribution in [-0.2, 0) is 30.8 Å². The van der Waals surface area contributed by atoms with Gasteiger partial charge >= 0.3 is 22.5 Å². The molecule has 1 spiro atoms. The number of hydrogen-bond donors (Lipinski definition) is 9. The van der Waals surface area contributed by atoms with Crippen LogP contribution in [0.3, 0.4) is 0 Å². The predicted octanol–water partition coefficient (Wildman–Crippen LogP) is 5.49. The van der Waals surface area contributed by atoms with Crippen LogP contribution >= 0.6 is 36.6 Å². The number of piperidine rings is 2. The van der Waals surface area contributed by atoms with E-state index >= 15 is 0 Å². The molecule has 11 rings (SSSR count). The number of piperazine rings is 1. The Morgan fingerprint density at radius 1 is 0.848 bits per heavy atom. The van der Waals surface area contributed by atoms with Crippen LogP contribution in [0.2, 0.25) is 0 Å². The lowest BCUT2D eigenvalue weighted by molar-refractivity contribution is -0.354. The first-order chi connectivity index (χ1) is 35.9. The van der Waals surface area contributed by atoms with Crippen LogP contribution in [0.15, 0.2) is 63.9 Å². The quantitative estimate of drug-likeness (QED) is 0.0899. The molecule has 5 aliphatic heterocycles. The Labute approximate surface area is 477 Å². The zero-order valence-corrected chi connectivity index (χ0v) is 48.5. The molecule has 446 valence electrons. The van der Waals surface area contributed by atoms with Gasteiger partial charge in [-0.3, -0.25) is 18.9 Å². The molecule has 79 heavy (non-hydrogen) atoms. The van der Waals surface area contributed by atoms with Crippen LogP contribution in [0, 0.1) is 29.1 Å². The highest BCUT2D eigenvalue weighted by molar-refractivity contribution is 7.99. The number of hydrogen-bond acceptors (Lipinski definition) is 17. The first-order valence-corrected chi connectivity index (χ1v) is 29.2. The topological polar surface area (TPSA) is 265 Å². The van der Waals surface area contributed by atoms with Crippen molar-refractivity contribution < 1.29 is 80.7 Å². The standard InChI is InChI=1S/C32H49NO9.C22H26F3N3OS.2ClH.H2O4S/c1-6-18(3)25(35)41-24-11-12-26(4)19-8-9-20-28(37)13-23(34)31(39)21(29(28,38)16-30(20,26)42-32(19,24)40)15-33-14-17(2)7-10-22(33)27(31,5)36;23-22(24,25)17-6-7-21-19(16-17)28(18-4-1-2-5-20(18)30-21)9-3-8-26-10-12-27(13-11-26)14-15-29;;;1-5(2,3)4/h6,17,19-24,34,36-40H,7-16H2,1-5H3;1-2,4-7,16,29H,3,8-15H2;2*1H;(H2,1,2,3,4). The summed E-state index contributed by atoms with van der Waals surface area (Å²) >= 11 is 1.53. The minimum atomic E-state index is -4.67. The molecule has 0 amide bonds. The minimum absolute atomic E-state index is 0. The van der Waals surface area contributed by atoms with Crippen molar-refractivity contribution in [2.24, 2.45) is 29.1 Å². The van der Waals surface area contributed by atoms with E-state index in [1.54, 1.807) is 32.9 Å². The lowest BCUT2D eigenvalue weighted by Gasteiger charge is -2.68. The number of β-amino-alcohol motifs (C(OH)–C–C–N with tert-alkyl or cyclic N) is 1. The van der Waals surface area contributed by atoms with Crippen molar-refractivity contribution in [3.05, 3.63) is 59.7 Å². The number of anilines is 2. The van der Waals surface area contributed by atoms with Crippen LogP contribution in [0.5, 0.6) is 0 Å². The first-order valence-electron chi connectivity index (χ1n) is 27.0. The van der Waals surface area contributed by atoms with Crippen molar-refractivity contribution in [3.63, 3.8) is 0 Å². The number of halogens is 5. The van der Waals surface area contributed by atoms with E-state index in [0.717, 1.165) is 61.0 Å².